The molecule has 2 heterocycles. The summed E-state index contributed by atoms with van der Waals surface area (Å²) in [7, 11) is 1.51. The van der Waals surface area contributed by atoms with Crippen molar-refractivity contribution in [2.24, 2.45) is 7.05 Å². The van der Waals surface area contributed by atoms with Gasteiger partial charge in [0.05, 0.1) is 0 Å². The Bertz CT molecular complexity index is 1060. The van der Waals surface area contributed by atoms with E-state index in [1.807, 2.05) is 28.8 Å². The van der Waals surface area contributed by atoms with E-state index in [1.54, 1.807) is 12.1 Å². The van der Waals surface area contributed by atoms with Gasteiger partial charge in [0, 0.05) is 22.7 Å². The third-order valence-electron chi connectivity index (χ3n) is 3.80. The van der Waals surface area contributed by atoms with Crippen molar-refractivity contribution >= 4 is 61.9 Å². The highest BCUT2D eigenvalue weighted by Gasteiger charge is 2.24. The van der Waals surface area contributed by atoms with Gasteiger partial charge in [-0.2, -0.15) is 0 Å². The summed E-state index contributed by atoms with van der Waals surface area (Å²) in [5.74, 6) is -1.61. The first kappa shape index (κ1) is 18.3. The van der Waals surface area contributed by atoms with Crippen LogP contribution >= 0.6 is 45.7 Å². The number of rotatable bonds is 4. The standard InChI is InChI=1S/C16H12FIN2O3S2/c1-20-10(5-7-3-4-8(18)6-9(7)17)11(15(22)23)12-13(14(20)21)25-16(19-12)24-2/h3-4,6H,5H2,1-2H3,(H,22,23). The van der Waals surface area contributed by atoms with E-state index in [2.05, 4.69) is 4.98 Å². The molecule has 0 unspecified atom stereocenters. The molecule has 0 saturated heterocycles. The zero-order chi connectivity index (χ0) is 18.3. The summed E-state index contributed by atoms with van der Waals surface area (Å²) in [6.45, 7) is 0. The Kier molecular flexibility index (Phi) is 5.16. The quantitative estimate of drug-likeness (QED) is 0.446. The fourth-order valence-electron chi connectivity index (χ4n) is 2.56. The van der Waals surface area contributed by atoms with Crippen LogP contribution in [-0.4, -0.2) is 26.9 Å². The summed E-state index contributed by atoms with van der Waals surface area (Å²) in [5.41, 5.74) is 0.372. The monoisotopic (exact) mass is 490 g/mol. The molecule has 0 bridgehead atoms. The highest BCUT2D eigenvalue weighted by atomic mass is 127. The second kappa shape index (κ2) is 7.04. The number of benzene rings is 1. The molecule has 0 atom stereocenters. The van der Waals surface area contributed by atoms with Crippen molar-refractivity contribution in [2.45, 2.75) is 10.8 Å². The number of thiazole rings is 1. The number of nitrogens with zero attached hydrogens (tertiary/aromatic N) is 2. The fraction of sp³-hybridized carbons (Fsp3) is 0.188. The van der Waals surface area contributed by atoms with Crippen molar-refractivity contribution in [2.75, 3.05) is 6.26 Å². The lowest BCUT2D eigenvalue weighted by molar-refractivity contribution is 0.0696. The molecule has 0 spiro atoms. The number of thioether (sulfide) groups is 1. The molecule has 25 heavy (non-hydrogen) atoms. The molecule has 3 aromatic rings. The van der Waals surface area contributed by atoms with E-state index in [4.69, 9.17) is 0 Å². The Morgan fingerprint density at radius 1 is 1.48 bits per heavy atom. The number of aromatic nitrogens is 2. The Morgan fingerprint density at radius 2 is 2.20 bits per heavy atom. The Balaban J connectivity index is 2.29. The Labute approximate surface area is 164 Å². The molecule has 0 amide bonds. The Morgan fingerprint density at radius 3 is 2.80 bits per heavy atom. The number of carbonyl (C=O) groups is 1. The lowest BCUT2D eigenvalue weighted by Crippen LogP contribution is -2.24. The molecule has 3 rings (SSSR count). The molecule has 130 valence electrons. The van der Waals surface area contributed by atoms with E-state index < -0.39 is 11.8 Å². The molecule has 2 aromatic heterocycles. The maximum atomic E-state index is 14.2. The average molecular weight is 490 g/mol. The minimum atomic E-state index is -1.18. The van der Waals surface area contributed by atoms with Crippen LogP contribution in [0.4, 0.5) is 4.39 Å². The lowest BCUT2D eigenvalue weighted by Gasteiger charge is -2.13. The predicted molar refractivity (Wildman–Crippen MR) is 106 cm³/mol. The maximum Gasteiger partial charge on any atom is 0.339 e. The second-order valence-electron chi connectivity index (χ2n) is 5.27. The molecule has 0 aliphatic rings. The number of aromatic carboxylic acids is 1. The highest BCUT2D eigenvalue weighted by Crippen LogP contribution is 2.30. The number of fused-ring (bicyclic) bond motifs is 1. The number of halogens is 2. The van der Waals surface area contributed by atoms with Crippen LogP contribution in [-0.2, 0) is 13.5 Å². The molecule has 0 aliphatic heterocycles. The molecule has 0 aliphatic carbocycles. The van der Waals surface area contributed by atoms with E-state index in [1.165, 1.54) is 40.8 Å². The first-order valence-corrected chi connectivity index (χ1v) is 10.2. The molecule has 0 saturated carbocycles. The van der Waals surface area contributed by atoms with Crippen molar-refractivity contribution < 1.29 is 14.3 Å². The minimum Gasteiger partial charge on any atom is -0.478 e. The lowest BCUT2D eigenvalue weighted by atomic mass is 10.0. The fourth-order valence-corrected chi connectivity index (χ4v) is 4.56. The Hall–Kier alpha value is -1.46. The molecule has 1 N–H and O–H groups in total. The van der Waals surface area contributed by atoms with Gasteiger partial charge in [0.2, 0.25) is 0 Å². The van der Waals surface area contributed by atoms with Gasteiger partial charge in [0.25, 0.3) is 5.56 Å². The summed E-state index contributed by atoms with van der Waals surface area (Å²) >= 11 is 4.52. The van der Waals surface area contributed by atoms with Crippen LogP contribution in [0.1, 0.15) is 21.6 Å². The number of pyridine rings is 1. The highest BCUT2D eigenvalue weighted by molar-refractivity contribution is 14.1. The van der Waals surface area contributed by atoms with Crippen molar-refractivity contribution in [3.8, 4) is 0 Å². The van der Waals surface area contributed by atoms with Gasteiger partial charge < -0.3 is 9.67 Å². The van der Waals surface area contributed by atoms with Gasteiger partial charge in [-0.15, -0.1) is 11.3 Å². The van der Waals surface area contributed by atoms with E-state index in [-0.39, 0.29) is 28.8 Å². The summed E-state index contributed by atoms with van der Waals surface area (Å²) < 4.78 is 17.2. The van der Waals surface area contributed by atoms with E-state index in [9.17, 15) is 19.1 Å². The average Bonchev–Trinajstić information content (AvgIpc) is 2.98. The third kappa shape index (κ3) is 3.32. The molecule has 1 aromatic carbocycles. The van der Waals surface area contributed by atoms with Gasteiger partial charge in [-0.1, -0.05) is 17.8 Å². The van der Waals surface area contributed by atoms with Crippen LogP contribution in [0, 0.1) is 9.39 Å². The predicted octanol–water partition coefficient (Wildman–Crippen LogP) is 3.75. The van der Waals surface area contributed by atoms with Gasteiger partial charge in [0.1, 0.15) is 21.6 Å². The molecular formula is C16H12FIN2O3S2. The summed E-state index contributed by atoms with van der Waals surface area (Å²) in [6, 6.07) is 4.72. The van der Waals surface area contributed by atoms with Crippen molar-refractivity contribution in [3.63, 3.8) is 0 Å². The van der Waals surface area contributed by atoms with Crippen LogP contribution < -0.4 is 5.56 Å². The molecule has 0 fully saturated rings. The van der Waals surface area contributed by atoms with Crippen LogP contribution in [0.25, 0.3) is 10.2 Å². The minimum absolute atomic E-state index is 0.00179. The first-order chi connectivity index (χ1) is 11.8. The topological polar surface area (TPSA) is 72.2 Å². The third-order valence-corrected chi connectivity index (χ3v) is 6.50. The van der Waals surface area contributed by atoms with Gasteiger partial charge in [-0.25, -0.2) is 14.2 Å². The van der Waals surface area contributed by atoms with E-state index in [0.717, 1.165) is 3.57 Å². The number of carboxylic acid groups (broad SMARTS) is 1. The van der Waals surface area contributed by atoms with Gasteiger partial charge in [0.15, 0.2) is 4.34 Å². The molecule has 5 nitrogen and oxygen atoms in total. The smallest absolute Gasteiger partial charge is 0.339 e. The van der Waals surface area contributed by atoms with E-state index >= 15 is 0 Å². The van der Waals surface area contributed by atoms with Gasteiger partial charge in [-0.05, 0) is 46.5 Å². The van der Waals surface area contributed by atoms with Crippen molar-refractivity contribution in [1.29, 1.82) is 0 Å². The number of hydrogen-bond donors (Lipinski definition) is 1. The zero-order valence-electron chi connectivity index (χ0n) is 13.2. The van der Waals surface area contributed by atoms with Crippen LogP contribution in [0.2, 0.25) is 0 Å². The van der Waals surface area contributed by atoms with Gasteiger partial charge >= 0.3 is 5.97 Å². The van der Waals surface area contributed by atoms with E-state index in [0.29, 0.717) is 14.6 Å². The van der Waals surface area contributed by atoms with Crippen LogP contribution in [0.5, 0.6) is 0 Å². The van der Waals surface area contributed by atoms with Gasteiger partial charge in [-0.3, -0.25) is 4.79 Å². The van der Waals surface area contributed by atoms with Crippen molar-refractivity contribution in [3.05, 3.63) is 54.8 Å². The van der Waals surface area contributed by atoms with Crippen LogP contribution in [0.15, 0.2) is 27.3 Å². The normalized spacial score (nSPS) is 11.2. The van der Waals surface area contributed by atoms with Crippen LogP contribution in [0.3, 0.4) is 0 Å². The summed E-state index contributed by atoms with van der Waals surface area (Å²) in [6.07, 6.45) is 1.81. The summed E-state index contributed by atoms with van der Waals surface area (Å²) in [5, 5.41) is 9.70. The SMILES string of the molecule is CSc1nc2c(C(=O)O)c(Cc3ccc(I)cc3F)n(C)c(=O)c2s1. The maximum absolute atomic E-state index is 14.2. The van der Waals surface area contributed by atoms with Crippen molar-refractivity contribution in [1.82, 2.24) is 9.55 Å². The largest absolute Gasteiger partial charge is 0.478 e. The number of hydrogen-bond acceptors (Lipinski definition) is 5. The molecular weight excluding hydrogens is 478 g/mol. The summed E-state index contributed by atoms with van der Waals surface area (Å²) in [4.78, 5) is 28.8. The second-order valence-corrected chi connectivity index (χ2v) is 8.56. The first-order valence-electron chi connectivity index (χ1n) is 7.07. The molecule has 9 heteroatoms. The molecule has 0 radical (unpaired) electrons. The zero-order valence-corrected chi connectivity index (χ0v) is 17.0. The number of carboxylic acids is 1.